The Balaban J connectivity index is 6.70. The van der Waals surface area contributed by atoms with Crippen molar-refractivity contribution in [2.75, 3.05) is 0 Å². The van der Waals surface area contributed by atoms with E-state index in [9.17, 15) is 5.11 Å². The predicted octanol–water partition coefficient (Wildman–Crippen LogP) is 8.09. The lowest BCUT2D eigenvalue weighted by molar-refractivity contribution is -0.268. The van der Waals surface area contributed by atoms with Crippen molar-refractivity contribution >= 4 is 0 Å². The molecule has 2 unspecified atom stereocenters. The fraction of sp³-hybridized carbons (Fsp3) is 1.00. The number of hydrogen-bond acceptors (Lipinski definition) is 1. The van der Waals surface area contributed by atoms with Crippen LogP contribution in [0.15, 0.2) is 0 Å². The summed E-state index contributed by atoms with van der Waals surface area (Å²) in [5, 5.41) is 11.1. The predicted molar refractivity (Wildman–Crippen MR) is 110 cm³/mol. The summed E-state index contributed by atoms with van der Waals surface area (Å²) in [5.41, 5.74) is -5.84. The molecule has 0 aliphatic carbocycles. The summed E-state index contributed by atoms with van der Waals surface area (Å²) in [7, 11) is 0. The molecule has 0 saturated heterocycles. The van der Waals surface area contributed by atoms with Gasteiger partial charge in [-0.2, -0.15) is 0 Å². The number of hydrogen-bond donors (Lipinski definition) is 1. The van der Waals surface area contributed by atoms with Gasteiger partial charge in [-0.25, -0.2) is 13.2 Å². The largest absolute Gasteiger partial charge is 0.390 e. The fourth-order valence-corrected chi connectivity index (χ4v) is 5.65. The van der Waals surface area contributed by atoms with Gasteiger partial charge < -0.3 is 5.11 Å². The Hall–Kier alpha value is -0.250. The maximum Gasteiger partial charge on any atom is 0.287 e. The summed E-state index contributed by atoms with van der Waals surface area (Å²) in [4.78, 5) is 0. The van der Waals surface area contributed by atoms with Crippen LogP contribution in [0.25, 0.3) is 0 Å². The van der Waals surface area contributed by atoms with Gasteiger partial charge in [-0.15, -0.1) is 0 Å². The van der Waals surface area contributed by atoms with Crippen LogP contribution in [0, 0.1) is 10.8 Å². The van der Waals surface area contributed by atoms with E-state index in [0.29, 0.717) is 38.5 Å². The first-order chi connectivity index (χ1) is 12.4. The Labute approximate surface area is 166 Å². The van der Waals surface area contributed by atoms with Crippen LogP contribution in [0.5, 0.6) is 0 Å². The molecule has 1 nitrogen and oxygen atoms in total. The Kier molecular flexibility index (Phi) is 9.89. The summed E-state index contributed by atoms with van der Waals surface area (Å²) in [6, 6.07) is 0. The van der Waals surface area contributed by atoms with Gasteiger partial charge >= 0.3 is 0 Å². The molecule has 0 aliphatic rings. The van der Waals surface area contributed by atoms with E-state index in [1.165, 1.54) is 0 Å². The van der Waals surface area contributed by atoms with Crippen molar-refractivity contribution < 1.29 is 18.3 Å². The van der Waals surface area contributed by atoms with Crippen LogP contribution in [-0.2, 0) is 0 Å². The number of halogens is 3. The van der Waals surface area contributed by atoms with Gasteiger partial charge in [0.25, 0.3) is 5.92 Å². The quantitative estimate of drug-likeness (QED) is 0.315. The zero-order valence-corrected chi connectivity index (χ0v) is 19.2. The lowest BCUT2D eigenvalue weighted by Gasteiger charge is -2.58. The zero-order chi connectivity index (χ0) is 21.6. The molecule has 0 fully saturated rings. The van der Waals surface area contributed by atoms with Crippen LogP contribution in [0.4, 0.5) is 13.2 Å². The molecule has 4 heteroatoms. The van der Waals surface area contributed by atoms with Crippen molar-refractivity contribution in [2.45, 2.75) is 137 Å². The summed E-state index contributed by atoms with van der Waals surface area (Å²) in [6.45, 7) is 14.1. The summed E-state index contributed by atoms with van der Waals surface area (Å²) < 4.78 is 47.5. The normalized spacial score (nSPS) is 18.2. The highest BCUT2D eigenvalue weighted by Gasteiger charge is 2.69. The zero-order valence-electron chi connectivity index (χ0n) is 19.2. The van der Waals surface area contributed by atoms with Crippen LogP contribution < -0.4 is 0 Å². The summed E-state index contributed by atoms with van der Waals surface area (Å²) in [6.07, 6.45) is 3.81. The van der Waals surface area contributed by atoms with Crippen LogP contribution in [0.3, 0.4) is 0 Å². The highest BCUT2D eigenvalue weighted by molar-refractivity contribution is 5.11. The maximum absolute atomic E-state index is 16.0. The van der Waals surface area contributed by atoms with Gasteiger partial charge in [-0.05, 0) is 63.7 Å². The molecule has 0 saturated carbocycles. The number of rotatable bonds is 14. The first-order valence-corrected chi connectivity index (χ1v) is 11.2. The lowest BCUT2D eigenvalue weighted by Crippen LogP contribution is -2.62. The Morgan fingerprint density at radius 1 is 0.667 bits per heavy atom. The van der Waals surface area contributed by atoms with Gasteiger partial charge in [0, 0.05) is 5.41 Å². The molecule has 164 valence electrons. The summed E-state index contributed by atoms with van der Waals surface area (Å²) >= 11 is 0. The summed E-state index contributed by atoms with van der Waals surface area (Å²) in [5.74, 6) is -3.47. The van der Waals surface area contributed by atoms with Gasteiger partial charge in [0.2, 0.25) is 0 Å². The average molecular weight is 395 g/mol. The van der Waals surface area contributed by atoms with Crippen LogP contribution in [0.2, 0.25) is 0 Å². The first kappa shape index (κ1) is 26.8. The third-order valence-corrected chi connectivity index (χ3v) is 7.59. The minimum atomic E-state index is -3.47. The molecular formula is C23H45F3O. The molecule has 0 spiro atoms. The van der Waals surface area contributed by atoms with Gasteiger partial charge in [0.1, 0.15) is 0 Å². The van der Waals surface area contributed by atoms with Crippen molar-refractivity contribution in [3.05, 3.63) is 0 Å². The third-order valence-electron chi connectivity index (χ3n) is 7.59. The van der Waals surface area contributed by atoms with Crippen molar-refractivity contribution in [1.29, 1.82) is 0 Å². The molecule has 1 N–H and O–H groups in total. The van der Waals surface area contributed by atoms with Gasteiger partial charge in [-0.1, -0.05) is 61.3 Å². The molecule has 0 bridgehead atoms. The van der Waals surface area contributed by atoms with Crippen LogP contribution in [0.1, 0.15) is 120 Å². The Bertz CT molecular complexity index is 425. The smallest absolute Gasteiger partial charge is 0.287 e. The second-order valence-corrected chi connectivity index (χ2v) is 8.80. The molecule has 0 aliphatic heterocycles. The minimum Gasteiger partial charge on any atom is -0.390 e. The molecule has 0 aromatic carbocycles. The highest BCUT2D eigenvalue weighted by atomic mass is 19.3. The van der Waals surface area contributed by atoms with E-state index in [2.05, 4.69) is 0 Å². The second-order valence-electron chi connectivity index (χ2n) is 8.80. The average Bonchev–Trinajstić information content (AvgIpc) is 2.62. The van der Waals surface area contributed by atoms with E-state index in [1.54, 1.807) is 20.8 Å². The Morgan fingerprint density at radius 2 is 1.11 bits per heavy atom. The van der Waals surface area contributed by atoms with E-state index >= 15 is 13.2 Å². The lowest BCUT2D eigenvalue weighted by atomic mass is 9.49. The van der Waals surface area contributed by atoms with Gasteiger partial charge in [0.05, 0.1) is 5.60 Å². The van der Waals surface area contributed by atoms with Crippen molar-refractivity contribution in [1.82, 2.24) is 0 Å². The SMILES string of the molecule is CCCC(C)(F)C(F)(F)C(CC)(CC)C(CC)(CCC)CC(O)(CC)CC. The first-order valence-electron chi connectivity index (χ1n) is 11.2. The standard InChI is InChI=1S/C23H45F3O/c1-9-16-19(8,24)23(25,26)22(14-6,15-7)20(11-3,17-10-2)18-21(27,12-4)13-5/h27H,9-18H2,1-8H3. The molecule has 27 heavy (non-hydrogen) atoms. The van der Waals surface area contributed by atoms with Gasteiger partial charge in [-0.3, -0.25) is 0 Å². The van der Waals surface area contributed by atoms with E-state index in [4.69, 9.17) is 0 Å². The molecular weight excluding hydrogens is 349 g/mol. The second kappa shape index (κ2) is 9.98. The van der Waals surface area contributed by atoms with Crippen LogP contribution >= 0.6 is 0 Å². The highest BCUT2D eigenvalue weighted by Crippen LogP contribution is 2.65. The van der Waals surface area contributed by atoms with E-state index in [0.717, 1.165) is 13.3 Å². The number of aliphatic hydroxyl groups is 1. The van der Waals surface area contributed by atoms with E-state index < -0.39 is 28.0 Å². The molecule has 0 heterocycles. The van der Waals surface area contributed by atoms with E-state index in [1.807, 2.05) is 27.7 Å². The molecule has 0 amide bonds. The molecule has 0 aromatic rings. The minimum absolute atomic E-state index is 0.153. The maximum atomic E-state index is 16.0. The third kappa shape index (κ3) is 4.67. The molecule has 0 radical (unpaired) electrons. The Morgan fingerprint density at radius 3 is 1.41 bits per heavy atom. The van der Waals surface area contributed by atoms with Crippen molar-refractivity contribution in [3.63, 3.8) is 0 Å². The molecule has 0 rings (SSSR count). The number of alkyl halides is 3. The van der Waals surface area contributed by atoms with Gasteiger partial charge in [0.15, 0.2) is 5.67 Å². The van der Waals surface area contributed by atoms with Crippen molar-refractivity contribution in [2.24, 2.45) is 10.8 Å². The fourth-order valence-electron chi connectivity index (χ4n) is 5.65. The van der Waals surface area contributed by atoms with E-state index in [-0.39, 0.29) is 19.3 Å². The molecule has 2 atom stereocenters. The monoisotopic (exact) mass is 394 g/mol. The van der Waals surface area contributed by atoms with Crippen molar-refractivity contribution in [3.8, 4) is 0 Å². The van der Waals surface area contributed by atoms with Crippen LogP contribution in [-0.4, -0.2) is 22.3 Å². The molecule has 0 aromatic heterocycles. The topological polar surface area (TPSA) is 20.2 Å².